The largest absolute Gasteiger partial charge is 0.480 e. The maximum Gasteiger partial charge on any atom is 0.326 e. The molecular formula is C23H39N7O10. The summed E-state index contributed by atoms with van der Waals surface area (Å²) in [7, 11) is 1.50. The Morgan fingerprint density at radius 3 is 1.93 bits per heavy atom. The van der Waals surface area contributed by atoms with E-state index in [1.807, 2.05) is 0 Å². The van der Waals surface area contributed by atoms with Crippen LogP contribution in [0, 0.1) is 0 Å². The van der Waals surface area contributed by atoms with E-state index < -0.39 is 66.6 Å². The first-order valence-corrected chi connectivity index (χ1v) is 12.5. The van der Waals surface area contributed by atoms with E-state index in [2.05, 4.69) is 37.2 Å². The smallest absolute Gasteiger partial charge is 0.326 e. The van der Waals surface area contributed by atoms with Crippen LogP contribution in [0.25, 0.3) is 0 Å². The van der Waals surface area contributed by atoms with Crippen molar-refractivity contribution in [2.75, 3.05) is 46.4 Å². The number of carboxylic acids is 1. The van der Waals surface area contributed by atoms with Crippen LogP contribution in [0.2, 0.25) is 0 Å². The van der Waals surface area contributed by atoms with Gasteiger partial charge in [0.15, 0.2) is 0 Å². The first-order valence-electron chi connectivity index (χ1n) is 12.5. The molecule has 7 amide bonds. The van der Waals surface area contributed by atoms with Crippen molar-refractivity contribution in [2.24, 2.45) is 0 Å². The number of rotatable bonds is 20. The molecule has 0 aliphatic rings. The molecule has 0 fully saturated rings. The maximum absolute atomic E-state index is 12.3. The topological polar surface area (TPSA) is 250 Å². The van der Waals surface area contributed by atoms with Gasteiger partial charge in [-0.1, -0.05) is 6.92 Å². The van der Waals surface area contributed by atoms with Crippen LogP contribution in [0.3, 0.4) is 0 Å². The van der Waals surface area contributed by atoms with Crippen molar-refractivity contribution in [1.82, 2.24) is 37.2 Å². The lowest BCUT2D eigenvalue weighted by Crippen LogP contribution is -2.53. The summed E-state index contributed by atoms with van der Waals surface area (Å²) in [5, 5.41) is 25.7. The SMILES string of the molecule is CCC(=O)NC(CCC(=O)NCC(=O)NCC(=O)NCC(NC(C)=O)C(=O)NCCOCCC(=O)NC)C(=O)O. The molecule has 40 heavy (non-hydrogen) atoms. The molecule has 17 heteroatoms. The van der Waals surface area contributed by atoms with Gasteiger partial charge in [-0.05, 0) is 6.42 Å². The van der Waals surface area contributed by atoms with Crippen molar-refractivity contribution >= 4 is 47.3 Å². The Labute approximate surface area is 231 Å². The number of hydrogen-bond donors (Lipinski definition) is 8. The van der Waals surface area contributed by atoms with E-state index in [1.165, 1.54) is 14.0 Å². The number of carbonyl (C=O) groups excluding carboxylic acids is 7. The van der Waals surface area contributed by atoms with E-state index in [1.54, 1.807) is 6.92 Å². The Hall–Kier alpha value is -4.28. The zero-order valence-corrected chi connectivity index (χ0v) is 22.8. The summed E-state index contributed by atoms with van der Waals surface area (Å²) in [6, 6.07) is -2.34. The van der Waals surface area contributed by atoms with Gasteiger partial charge in [-0.2, -0.15) is 0 Å². The van der Waals surface area contributed by atoms with E-state index in [-0.39, 0.29) is 57.9 Å². The molecular weight excluding hydrogens is 534 g/mol. The molecule has 0 aromatic carbocycles. The van der Waals surface area contributed by atoms with E-state index >= 15 is 0 Å². The van der Waals surface area contributed by atoms with Crippen LogP contribution in [0.1, 0.15) is 39.5 Å². The fourth-order valence-electron chi connectivity index (χ4n) is 2.83. The van der Waals surface area contributed by atoms with Crippen LogP contribution < -0.4 is 37.2 Å². The third-order valence-corrected chi connectivity index (χ3v) is 5.00. The van der Waals surface area contributed by atoms with Crippen molar-refractivity contribution in [3.8, 4) is 0 Å². The second kappa shape index (κ2) is 20.7. The minimum atomic E-state index is -1.29. The Morgan fingerprint density at radius 2 is 1.35 bits per heavy atom. The molecule has 0 aromatic heterocycles. The summed E-state index contributed by atoms with van der Waals surface area (Å²) in [5.41, 5.74) is 0. The predicted molar refractivity (Wildman–Crippen MR) is 138 cm³/mol. The highest BCUT2D eigenvalue weighted by Gasteiger charge is 2.21. The zero-order chi connectivity index (χ0) is 30.5. The van der Waals surface area contributed by atoms with Crippen LogP contribution in [0.15, 0.2) is 0 Å². The Balaban J connectivity index is 4.36. The van der Waals surface area contributed by atoms with E-state index in [9.17, 15) is 38.4 Å². The van der Waals surface area contributed by atoms with Crippen molar-refractivity contribution in [1.29, 1.82) is 0 Å². The van der Waals surface area contributed by atoms with E-state index in [4.69, 9.17) is 9.84 Å². The van der Waals surface area contributed by atoms with Gasteiger partial charge in [0.25, 0.3) is 0 Å². The number of nitrogens with one attached hydrogen (secondary N) is 7. The van der Waals surface area contributed by atoms with Crippen LogP contribution in [-0.2, 0) is 43.1 Å². The van der Waals surface area contributed by atoms with Crippen LogP contribution in [0.4, 0.5) is 0 Å². The van der Waals surface area contributed by atoms with Gasteiger partial charge in [-0.3, -0.25) is 33.6 Å². The lowest BCUT2D eigenvalue weighted by Gasteiger charge is -2.18. The monoisotopic (exact) mass is 573 g/mol. The molecule has 0 radical (unpaired) electrons. The second-order valence-corrected chi connectivity index (χ2v) is 8.29. The van der Waals surface area contributed by atoms with Gasteiger partial charge in [-0.25, -0.2) is 4.79 Å². The molecule has 0 saturated carbocycles. The normalized spacial score (nSPS) is 11.7. The lowest BCUT2D eigenvalue weighted by atomic mass is 10.1. The summed E-state index contributed by atoms with van der Waals surface area (Å²) in [6.07, 6.45) is -0.183. The number of ether oxygens (including phenoxy) is 1. The second-order valence-electron chi connectivity index (χ2n) is 8.29. The predicted octanol–water partition coefficient (Wildman–Crippen LogP) is -4.13. The number of hydrogen-bond acceptors (Lipinski definition) is 9. The molecule has 0 heterocycles. The summed E-state index contributed by atoms with van der Waals surface area (Å²) < 4.78 is 5.22. The molecule has 0 rings (SSSR count). The standard InChI is InChI=1S/C23H39N7O10/c1-4-17(32)30-15(23(38)39)5-6-19(34)27-12-21(36)28-13-20(35)26-11-16(29-14(2)31)22(37)25-8-10-40-9-7-18(33)24-3/h15-16H,4-13H2,1-3H3,(H,24,33)(H,25,37)(H,26,35)(H,27,34)(H,28,36)(H,29,31)(H,30,32)(H,38,39). The van der Waals surface area contributed by atoms with Crippen molar-refractivity contribution in [3.05, 3.63) is 0 Å². The van der Waals surface area contributed by atoms with Gasteiger partial charge in [0.1, 0.15) is 12.1 Å². The highest BCUT2D eigenvalue weighted by molar-refractivity contribution is 5.90. The Morgan fingerprint density at radius 1 is 0.725 bits per heavy atom. The van der Waals surface area contributed by atoms with Crippen LogP contribution in [0.5, 0.6) is 0 Å². The number of carbonyl (C=O) groups is 8. The van der Waals surface area contributed by atoms with Gasteiger partial charge >= 0.3 is 5.97 Å². The fraction of sp³-hybridized carbons (Fsp3) is 0.652. The summed E-state index contributed by atoms with van der Waals surface area (Å²) in [5.74, 6) is -5.05. The zero-order valence-electron chi connectivity index (χ0n) is 22.8. The van der Waals surface area contributed by atoms with Gasteiger partial charge in [0.2, 0.25) is 41.4 Å². The van der Waals surface area contributed by atoms with E-state index in [0.717, 1.165) is 0 Å². The molecule has 0 bridgehead atoms. The third-order valence-electron chi connectivity index (χ3n) is 5.00. The molecule has 0 saturated heterocycles. The van der Waals surface area contributed by atoms with Gasteiger partial charge in [0.05, 0.1) is 26.3 Å². The molecule has 0 aliphatic heterocycles. The quantitative estimate of drug-likeness (QED) is 0.0653. The lowest BCUT2D eigenvalue weighted by molar-refractivity contribution is -0.142. The van der Waals surface area contributed by atoms with Gasteiger partial charge in [0, 0.05) is 46.3 Å². The van der Waals surface area contributed by atoms with E-state index in [0.29, 0.717) is 0 Å². The molecule has 0 aliphatic carbocycles. The molecule has 0 spiro atoms. The number of aliphatic carboxylic acids is 1. The first kappa shape index (κ1) is 35.7. The third kappa shape index (κ3) is 18.1. The summed E-state index contributed by atoms with van der Waals surface area (Å²) in [6.45, 7) is 1.91. The number of carboxylic acid groups (broad SMARTS) is 1. The van der Waals surface area contributed by atoms with Crippen LogP contribution >= 0.6 is 0 Å². The first-order chi connectivity index (χ1) is 18.9. The van der Waals surface area contributed by atoms with Gasteiger partial charge in [-0.15, -0.1) is 0 Å². The Kier molecular flexibility index (Phi) is 18.4. The van der Waals surface area contributed by atoms with Crippen molar-refractivity contribution in [2.45, 2.75) is 51.6 Å². The van der Waals surface area contributed by atoms with Crippen molar-refractivity contribution < 1.29 is 48.2 Å². The summed E-state index contributed by atoms with van der Waals surface area (Å²) >= 11 is 0. The fourth-order valence-corrected chi connectivity index (χ4v) is 2.83. The highest BCUT2D eigenvalue weighted by Crippen LogP contribution is 1.99. The molecule has 2 atom stereocenters. The summed E-state index contributed by atoms with van der Waals surface area (Å²) in [4.78, 5) is 93.3. The molecule has 0 aromatic rings. The average molecular weight is 574 g/mol. The highest BCUT2D eigenvalue weighted by atomic mass is 16.5. The average Bonchev–Trinajstić information content (AvgIpc) is 2.91. The molecule has 226 valence electrons. The minimum absolute atomic E-state index is 0.0860. The minimum Gasteiger partial charge on any atom is -0.480 e. The number of amides is 7. The van der Waals surface area contributed by atoms with Crippen molar-refractivity contribution in [3.63, 3.8) is 0 Å². The van der Waals surface area contributed by atoms with Gasteiger partial charge < -0.3 is 47.1 Å². The molecule has 8 N–H and O–H groups in total. The van der Waals surface area contributed by atoms with Crippen LogP contribution in [-0.4, -0.2) is 111 Å². The maximum atomic E-state index is 12.3. The Bertz CT molecular complexity index is 912. The molecule has 17 nitrogen and oxygen atoms in total. The molecule has 2 unspecified atom stereocenters.